The second-order valence-corrected chi connectivity index (χ2v) is 8.66. The van der Waals surface area contributed by atoms with Crippen LogP contribution in [0.15, 0.2) is 41.0 Å². The number of nitrogens with one attached hydrogen (secondary N) is 2. The molecule has 33 heavy (non-hydrogen) atoms. The predicted molar refractivity (Wildman–Crippen MR) is 122 cm³/mol. The Hall–Kier alpha value is -3.14. The summed E-state index contributed by atoms with van der Waals surface area (Å²) in [5.74, 6) is 0.855. The zero-order valence-electron chi connectivity index (χ0n) is 18.4. The van der Waals surface area contributed by atoms with Gasteiger partial charge in [0.1, 0.15) is 5.69 Å². The first-order chi connectivity index (χ1) is 15.9. The molecule has 0 unspecified atom stereocenters. The van der Waals surface area contributed by atoms with Crippen molar-refractivity contribution in [1.29, 1.82) is 0 Å². The number of nitrogens with zero attached hydrogens (tertiary/aromatic N) is 5. The van der Waals surface area contributed by atoms with Gasteiger partial charge in [-0.15, -0.1) is 0 Å². The number of H-pyrrole nitrogens is 2. The molecule has 0 radical (unpaired) electrons. The van der Waals surface area contributed by atoms with E-state index in [1.165, 1.54) is 6.20 Å². The second kappa shape index (κ2) is 8.66. The van der Waals surface area contributed by atoms with E-state index in [9.17, 15) is 13.2 Å². The Bertz CT molecular complexity index is 1200. The molecule has 0 spiro atoms. The molecule has 1 fully saturated rings. The third kappa shape index (κ3) is 4.39. The highest BCUT2D eigenvalue weighted by Crippen LogP contribution is 2.35. The van der Waals surface area contributed by atoms with Gasteiger partial charge in [0, 0.05) is 31.6 Å². The summed E-state index contributed by atoms with van der Waals surface area (Å²) in [6, 6.07) is 5.60. The molecular weight excluding hydrogens is 431 g/mol. The molecule has 5 rings (SSSR count). The lowest BCUT2D eigenvalue weighted by molar-refractivity contribution is -0.141. The van der Waals surface area contributed by atoms with Gasteiger partial charge in [-0.1, -0.05) is 6.08 Å². The van der Waals surface area contributed by atoms with Crippen LogP contribution in [-0.2, 0) is 6.18 Å². The highest BCUT2D eigenvalue weighted by molar-refractivity contribution is 6.14. The number of aromatic amines is 2. The van der Waals surface area contributed by atoms with E-state index in [0.29, 0.717) is 17.8 Å². The number of fused-ring (bicyclic) bond motifs is 1. The minimum atomic E-state index is -4.54. The summed E-state index contributed by atoms with van der Waals surface area (Å²) >= 11 is 0. The van der Waals surface area contributed by atoms with E-state index in [1.54, 1.807) is 0 Å². The second-order valence-electron chi connectivity index (χ2n) is 8.66. The van der Waals surface area contributed by atoms with Gasteiger partial charge in [0.25, 0.3) is 0 Å². The lowest BCUT2D eigenvalue weighted by Gasteiger charge is -2.32. The van der Waals surface area contributed by atoms with Gasteiger partial charge < -0.3 is 9.80 Å². The van der Waals surface area contributed by atoms with Gasteiger partial charge in [-0.3, -0.25) is 10.2 Å². The first-order valence-electron chi connectivity index (χ1n) is 11.2. The molecule has 3 heterocycles. The Morgan fingerprint density at radius 3 is 2.64 bits per heavy atom. The van der Waals surface area contributed by atoms with Crippen LogP contribution in [0, 0.1) is 0 Å². The van der Waals surface area contributed by atoms with Gasteiger partial charge in [0.15, 0.2) is 5.82 Å². The quantitative estimate of drug-likeness (QED) is 0.558. The third-order valence-electron chi connectivity index (χ3n) is 6.34. The number of allylic oxidation sites excluding steroid dienone is 2. The number of hydrogen-bond acceptors (Lipinski definition) is 5. The van der Waals surface area contributed by atoms with E-state index < -0.39 is 11.9 Å². The molecule has 7 nitrogen and oxygen atoms in total. The molecule has 174 valence electrons. The molecule has 0 atom stereocenters. The number of alkyl halides is 3. The maximum atomic E-state index is 13.6. The van der Waals surface area contributed by atoms with Crippen molar-refractivity contribution in [3.05, 3.63) is 47.3 Å². The Labute approximate surface area is 189 Å². The van der Waals surface area contributed by atoms with Crippen molar-refractivity contribution in [3.8, 4) is 0 Å². The number of anilines is 1. The molecule has 3 aromatic rings. The predicted octanol–water partition coefficient (Wildman–Crippen LogP) is 4.68. The largest absolute Gasteiger partial charge is 0.433 e. The van der Waals surface area contributed by atoms with Crippen molar-refractivity contribution in [3.63, 3.8) is 0 Å². The van der Waals surface area contributed by atoms with Crippen molar-refractivity contribution in [2.75, 3.05) is 38.1 Å². The molecule has 10 heteroatoms. The van der Waals surface area contributed by atoms with Crippen LogP contribution in [-0.4, -0.2) is 64.2 Å². The number of likely N-dealkylation sites (N-methyl/N-ethyl adjacent to an activating group) is 1. The number of aromatic nitrogens is 4. The summed E-state index contributed by atoms with van der Waals surface area (Å²) in [6.07, 6.45) is 2.18. The van der Waals surface area contributed by atoms with E-state index in [-0.39, 0.29) is 5.56 Å². The van der Waals surface area contributed by atoms with Crippen molar-refractivity contribution < 1.29 is 13.2 Å². The number of rotatable bonds is 4. The van der Waals surface area contributed by atoms with Crippen LogP contribution in [0.1, 0.15) is 36.9 Å². The zero-order valence-corrected chi connectivity index (χ0v) is 18.4. The summed E-state index contributed by atoms with van der Waals surface area (Å²) in [6.45, 7) is 3.63. The van der Waals surface area contributed by atoms with Crippen LogP contribution >= 0.6 is 0 Å². The topological polar surface area (TPSA) is 76.2 Å². The minimum absolute atomic E-state index is 0.0118. The van der Waals surface area contributed by atoms with Crippen molar-refractivity contribution in [2.45, 2.75) is 31.9 Å². The maximum Gasteiger partial charge on any atom is 0.433 e. The highest BCUT2D eigenvalue weighted by Gasteiger charge is 2.37. The molecule has 2 aliphatic rings. The average molecular weight is 458 g/mol. The van der Waals surface area contributed by atoms with Crippen LogP contribution in [0.4, 0.5) is 24.7 Å². The fraction of sp³-hybridized carbons (Fsp3) is 0.435. The normalized spacial score (nSPS) is 18.7. The lowest BCUT2D eigenvalue weighted by atomic mass is 9.92. The van der Waals surface area contributed by atoms with Gasteiger partial charge in [-0.25, -0.2) is 4.99 Å². The monoisotopic (exact) mass is 457 g/mol. The van der Waals surface area contributed by atoms with Crippen molar-refractivity contribution >= 4 is 28.1 Å². The van der Waals surface area contributed by atoms with Crippen molar-refractivity contribution in [1.82, 2.24) is 25.3 Å². The number of piperazine rings is 1. The van der Waals surface area contributed by atoms with Gasteiger partial charge in [-0.2, -0.15) is 23.4 Å². The van der Waals surface area contributed by atoms with Gasteiger partial charge in [0.05, 0.1) is 28.7 Å². The summed E-state index contributed by atoms with van der Waals surface area (Å²) in [5.41, 5.74) is 1.76. The van der Waals surface area contributed by atoms with Gasteiger partial charge >= 0.3 is 6.18 Å². The first kappa shape index (κ1) is 21.7. The summed E-state index contributed by atoms with van der Waals surface area (Å²) < 4.78 is 40.9. The first-order valence-corrected chi connectivity index (χ1v) is 11.2. The van der Waals surface area contributed by atoms with Crippen LogP contribution in [0.2, 0.25) is 0 Å². The van der Waals surface area contributed by atoms with E-state index in [0.717, 1.165) is 67.7 Å². The van der Waals surface area contributed by atoms with Crippen LogP contribution in [0.5, 0.6) is 0 Å². The number of halogens is 3. The van der Waals surface area contributed by atoms with E-state index in [1.807, 2.05) is 24.3 Å². The Kier molecular flexibility index (Phi) is 5.69. The molecule has 1 aromatic carbocycles. The summed E-state index contributed by atoms with van der Waals surface area (Å²) in [5, 5.41) is 14.3. The molecule has 0 saturated carbocycles. The molecule has 2 N–H and O–H groups in total. The zero-order chi connectivity index (χ0) is 23.0. The number of benzene rings is 1. The Morgan fingerprint density at radius 1 is 1.09 bits per heavy atom. The molecule has 2 aromatic heterocycles. The molecule has 0 amide bonds. The standard InChI is InChI=1S/C23H26F3N7/c1-32-9-11-33(12-10-32)22-17-13-16(7-8-19(17)29-31-22)28-20(15-5-3-2-4-6-15)18-14-27-30-21(18)23(24,25)26/h5,7-8,13-14H,2-4,6,9-12H2,1H3,(H,27,30)(H,29,31). The molecule has 1 aliphatic heterocycles. The fourth-order valence-electron chi connectivity index (χ4n) is 4.49. The third-order valence-corrected chi connectivity index (χ3v) is 6.34. The number of aliphatic imine (C=N–C) groups is 1. The fourth-order valence-corrected chi connectivity index (χ4v) is 4.49. The Morgan fingerprint density at radius 2 is 1.91 bits per heavy atom. The van der Waals surface area contributed by atoms with Crippen LogP contribution < -0.4 is 4.90 Å². The lowest BCUT2D eigenvalue weighted by Crippen LogP contribution is -2.44. The van der Waals surface area contributed by atoms with E-state index in [2.05, 4.69) is 37.2 Å². The molecule has 1 saturated heterocycles. The number of hydrogen-bond donors (Lipinski definition) is 2. The van der Waals surface area contributed by atoms with Crippen LogP contribution in [0.3, 0.4) is 0 Å². The van der Waals surface area contributed by atoms with E-state index in [4.69, 9.17) is 4.99 Å². The van der Waals surface area contributed by atoms with Gasteiger partial charge in [-0.05, 0) is 56.5 Å². The maximum absolute atomic E-state index is 13.6. The van der Waals surface area contributed by atoms with E-state index >= 15 is 0 Å². The average Bonchev–Trinajstić information content (AvgIpc) is 3.46. The van der Waals surface area contributed by atoms with Crippen molar-refractivity contribution in [2.24, 2.45) is 4.99 Å². The summed E-state index contributed by atoms with van der Waals surface area (Å²) in [7, 11) is 2.10. The smallest absolute Gasteiger partial charge is 0.352 e. The molecule has 1 aliphatic carbocycles. The summed E-state index contributed by atoms with van der Waals surface area (Å²) in [4.78, 5) is 9.25. The van der Waals surface area contributed by atoms with Gasteiger partial charge in [0.2, 0.25) is 0 Å². The molecular formula is C23H26F3N7. The molecule has 0 bridgehead atoms. The Balaban J connectivity index is 1.58. The SMILES string of the molecule is CN1CCN(c2n[nH]c3ccc(N=C(C4=CCCCC4)c4cn[nH]c4C(F)(F)F)cc23)CC1. The minimum Gasteiger partial charge on any atom is -0.352 e. The van der Waals surface area contributed by atoms with Crippen LogP contribution in [0.25, 0.3) is 10.9 Å². The highest BCUT2D eigenvalue weighted by atomic mass is 19.4.